The van der Waals surface area contributed by atoms with E-state index in [1.54, 1.807) is 0 Å². The molecule has 0 saturated carbocycles. The van der Waals surface area contributed by atoms with Crippen LogP contribution in [0.1, 0.15) is 40.4 Å². The Kier molecular flexibility index (Phi) is 6.01. The van der Waals surface area contributed by atoms with Gasteiger partial charge in [0.1, 0.15) is 5.75 Å². The molecule has 7 heteroatoms. The smallest absolute Gasteiger partial charge is 0.387 e. The fourth-order valence-electron chi connectivity index (χ4n) is 3.26. The largest absolute Gasteiger partial charge is 0.434 e. The minimum absolute atomic E-state index is 0.0476. The van der Waals surface area contributed by atoms with Gasteiger partial charge < -0.3 is 15.4 Å². The number of aryl methyl sites for hydroxylation is 1. The second-order valence-electron chi connectivity index (χ2n) is 6.27. The lowest BCUT2D eigenvalue weighted by Gasteiger charge is -2.26. The molecule has 2 N–H and O–H groups in total. The molecule has 0 fully saturated rings. The van der Waals surface area contributed by atoms with Crippen molar-refractivity contribution in [2.45, 2.75) is 31.9 Å². The lowest BCUT2D eigenvalue weighted by Crippen LogP contribution is -2.39. The van der Waals surface area contributed by atoms with Gasteiger partial charge in [-0.3, -0.25) is 9.59 Å². The fourth-order valence-corrected chi connectivity index (χ4v) is 3.26. The van der Waals surface area contributed by atoms with E-state index in [4.69, 9.17) is 0 Å². The molecule has 1 atom stereocenters. The fraction of sp³-hybridized carbons (Fsp3) is 0.300. The minimum atomic E-state index is -3.03. The third-order valence-corrected chi connectivity index (χ3v) is 4.46. The van der Waals surface area contributed by atoms with Gasteiger partial charge in [-0.1, -0.05) is 36.4 Å². The van der Waals surface area contributed by atoms with Crippen molar-refractivity contribution in [2.24, 2.45) is 0 Å². The molecule has 0 aliphatic heterocycles. The lowest BCUT2D eigenvalue weighted by atomic mass is 9.88. The van der Waals surface area contributed by atoms with E-state index in [0.717, 1.165) is 24.8 Å². The molecule has 142 valence electrons. The quantitative estimate of drug-likeness (QED) is 0.816. The summed E-state index contributed by atoms with van der Waals surface area (Å²) in [6.45, 7) is -3.28. The summed E-state index contributed by atoms with van der Waals surface area (Å²) in [4.78, 5) is 24.5. The zero-order chi connectivity index (χ0) is 19.2. The standard InChI is InChI=1S/C20H20F2N2O3/c21-20(22)27-17-11-4-3-9-15(17)19(26)23-12-18(25)24-16-10-5-7-13-6-1-2-8-14(13)16/h1-4,6,8-9,11,16,20H,5,7,10,12H2,(H,23,26)(H,24,25)/t16-/m0/s1. The number of rotatable bonds is 6. The Morgan fingerprint density at radius 3 is 2.67 bits per heavy atom. The van der Waals surface area contributed by atoms with Gasteiger partial charge in [0.05, 0.1) is 18.2 Å². The number of amides is 2. The van der Waals surface area contributed by atoms with Gasteiger partial charge in [-0.15, -0.1) is 0 Å². The lowest BCUT2D eigenvalue weighted by molar-refractivity contribution is -0.121. The van der Waals surface area contributed by atoms with Crippen molar-refractivity contribution in [1.82, 2.24) is 10.6 Å². The molecular weight excluding hydrogens is 354 g/mol. The normalized spacial score (nSPS) is 15.7. The van der Waals surface area contributed by atoms with Gasteiger partial charge in [-0.25, -0.2) is 0 Å². The topological polar surface area (TPSA) is 67.4 Å². The molecule has 3 rings (SSSR count). The highest BCUT2D eigenvalue weighted by Crippen LogP contribution is 2.29. The summed E-state index contributed by atoms with van der Waals surface area (Å²) < 4.78 is 29.2. The van der Waals surface area contributed by atoms with Gasteiger partial charge in [0.15, 0.2) is 0 Å². The highest BCUT2D eigenvalue weighted by molar-refractivity contribution is 5.98. The van der Waals surface area contributed by atoms with Crippen LogP contribution in [0.3, 0.4) is 0 Å². The molecule has 2 amide bonds. The molecule has 0 unspecified atom stereocenters. The summed E-state index contributed by atoms with van der Waals surface area (Å²) in [7, 11) is 0. The predicted molar refractivity (Wildman–Crippen MR) is 95.7 cm³/mol. The molecular formula is C20H20F2N2O3. The number of halogens is 2. The minimum Gasteiger partial charge on any atom is -0.434 e. The average Bonchev–Trinajstić information content (AvgIpc) is 2.66. The van der Waals surface area contributed by atoms with Crippen LogP contribution in [0.5, 0.6) is 5.75 Å². The van der Waals surface area contributed by atoms with Crippen LogP contribution < -0.4 is 15.4 Å². The van der Waals surface area contributed by atoms with Crippen molar-refractivity contribution in [1.29, 1.82) is 0 Å². The summed E-state index contributed by atoms with van der Waals surface area (Å²) in [5.74, 6) is -1.21. The number of alkyl halides is 2. The first-order chi connectivity index (χ1) is 13.0. The summed E-state index contributed by atoms with van der Waals surface area (Å²) >= 11 is 0. The van der Waals surface area contributed by atoms with Gasteiger partial charge in [0.2, 0.25) is 5.91 Å². The first-order valence-electron chi connectivity index (χ1n) is 8.74. The van der Waals surface area contributed by atoms with E-state index < -0.39 is 12.5 Å². The number of benzene rings is 2. The second-order valence-corrected chi connectivity index (χ2v) is 6.27. The van der Waals surface area contributed by atoms with Crippen molar-refractivity contribution in [3.05, 3.63) is 65.2 Å². The monoisotopic (exact) mass is 374 g/mol. The Morgan fingerprint density at radius 1 is 1.11 bits per heavy atom. The number of hydrogen-bond acceptors (Lipinski definition) is 3. The molecule has 0 spiro atoms. The summed E-state index contributed by atoms with van der Waals surface area (Å²) in [5.41, 5.74) is 2.27. The Morgan fingerprint density at radius 2 is 1.85 bits per heavy atom. The second kappa shape index (κ2) is 8.62. The molecule has 0 bridgehead atoms. The average molecular weight is 374 g/mol. The first-order valence-corrected chi connectivity index (χ1v) is 8.74. The third kappa shape index (κ3) is 4.81. The van der Waals surface area contributed by atoms with Crippen molar-refractivity contribution >= 4 is 11.8 Å². The molecule has 2 aromatic rings. The molecule has 0 saturated heterocycles. The number of nitrogens with one attached hydrogen (secondary N) is 2. The molecule has 0 heterocycles. The van der Waals surface area contributed by atoms with Crippen LogP contribution in [-0.4, -0.2) is 25.0 Å². The van der Waals surface area contributed by atoms with E-state index in [1.807, 2.05) is 18.2 Å². The maximum atomic E-state index is 12.4. The van der Waals surface area contributed by atoms with Crippen LogP contribution in [0.15, 0.2) is 48.5 Å². The number of ether oxygens (including phenoxy) is 1. The zero-order valence-electron chi connectivity index (χ0n) is 14.6. The predicted octanol–water partition coefficient (Wildman–Crippen LogP) is 3.21. The SMILES string of the molecule is O=C(CNC(=O)c1ccccc1OC(F)F)N[C@H]1CCCc2ccccc21. The van der Waals surface area contributed by atoms with Crippen LogP contribution in [-0.2, 0) is 11.2 Å². The summed E-state index contributed by atoms with van der Waals surface area (Å²) in [6, 6.07) is 13.5. The molecule has 0 aromatic heterocycles. The van der Waals surface area contributed by atoms with E-state index in [9.17, 15) is 18.4 Å². The van der Waals surface area contributed by atoms with Crippen molar-refractivity contribution < 1.29 is 23.1 Å². The van der Waals surface area contributed by atoms with Crippen molar-refractivity contribution in [2.75, 3.05) is 6.54 Å². The van der Waals surface area contributed by atoms with E-state index >= 15 is 0 Å². The van der Waals surface area contributed by atoms with E-state index in [-0.39, 0.29) is 29.8 Å². The number of fused-ring (bicyclic) bond motifs is 1. The van der Waals surface area contributed by atoms with Gasteiger partial charge >= 0.3 is 6.61 Å². The molecule has 5 nitrogen and oxygen atoms in total. The highest BCUT2D eigenvalue weighted by atomic mass is 19.3. The molecule has 1 aliphatic rings. The third-order valence-electron chi connectivity index (χ3n) is 4.46. The summed E-state index contributed by atoms with van der Waals surface area (Å²) in [6.07, 6.45) is 2.80. The van der Waals surface area contributed by atoms with E-state index in [1.165, 1.54) is 29.8 Å². The maximum absolute atomic E-state index is 12.4. The highest BCUT2D eigenvalue weighted by Gasteiger charge is 2.22. The number of carbonyl (C=O) groups is 2. The number of hydrogen-bond donors (Lipinski definition) is 2. The van der Waals surface area contributed by atoms with E-state index in [0.29, 0.717) is 0 Å². The number of carbonyl (C=O) groups excluding carboxylic acids is 2. The Hall–Kier alpha value is -2.96. The van der Waals surface area contributed by atoms with Gasteiger partial charge in [0, 0.05) is 0 Å². The molecule has 2 aromatic carbocycles. The molecule has 0 radical (unpaired) electrons. The summed E-state index contributed by atoms with van der Waals surface area (Å²) in [5, 5.41) is 5.37. The first kappa shape index (κ1) is 18.8. The number of para-hydroxylation sites is 1. The van der Waals surface area contributed by atoms with Crippen LogP contribution in [0, 0.1) is 0 Å². The van der Waals surface area contributed by atoms with Gasteiger partial charge in [-0.05, 0) is 42.5 Å². The van der Waals surface area contributed by atoms with Crippen LogP contribution in [0.25, 0.3) is 0 Å². The maximum Gasteiger partial charge on any atom is 0.387 e. The molecule has 1 aliphatic carbocycles. The molecule has 27 heavy (non-hydrogen) atoms. The van der Waals surface area contributed by atoms with E-state index in [2.05, 4.69) is 21.4 Å². The van der Waals surface area contributed by atoms with Crippen molar-refractivity contribution in [3.8, 4) is 5.75 Å². The Labute approximate surface area is 155 Å². The zero-order valence-corrected chi connectivity index (χ0v) is 14.6. The van der Waals surface area contributed by atoms with Gasteiger partial charge in [0.25, 0.3) is 5.91 Å². The van der Waals surface area contributed by atoms with Gasteiger partial charge in [-0.2, -0.15) is 8.78 Å². The Balaban J connectivity index is 1.58. The Bertz CT molecular complexity index is 826. The van der Waals surface area contributed by atoms with Crippen LogP contribution >= 0.6 is 0 Å². The van der Waals surface area contributed by atoms with Crippen LogP contribution in [0.4, 0.5) is 8.78 Å². The van der Waals surface area contributed by atoms with Crippen LogP contribution in [0.2, 0.25) is 0 Å². The van der Waals surface area contributed by atoms with Crippen molar-refractivity contribution in [3.63, 3.8) is 0 Å².